The summed E-state index contributed by atoms with van der Waals surface area (Å²) in [5.41, 5.74) is 0.628. The van der Waals surface area contributed by atoms with E-state index in [2.05, 4.69) is 15.2 Å². The molecule has 5 nitrogen and oxygen atoms in total. The quantitative estimate of drug-likeness (QED) is 0.688. The van der Waals surface area contributed by atoms with Crippen molar-refractivity contribution in [3.8, 4) is 0 Å². The summed E-state index contributed by atoms with van der Waals surface area (Å²) < 4.78 is 4.75. The van der Waals surface area contributed by atoms with Crippen molar-refractivity contribution in [3.05, 3.63) is 17.7 Å². The van der Waals surface area contributed by atoms with Crippen LogP contribution in [0.4, 0.5) is 0 Å². The van der Waals surface area contributed by atoms with E-state index in [0.717, 1.165) is 5.69 Å². The van der Waals surface area contributed by atoms with Crippen molar-refractivity contribution >= 4 is 5.97 Å². The first kappa shape index (κ1) is 11.6. The Morgan fingerprint density at radius 3 is 2.47 bits per heavy atom. The topological polar surface area (TPSA) is 65.0 Å². The fraction of sp³-hybridized carbons (Fsp3) is 0.600. The maximum atomic E-state index is 11.2. The van der Waals surface area contributed by atoms with Gasteiger partial charge in [0.25, 0.3) is 5.82 Å². The molecular weight excluding hydrogens is 194 g/mol. The molecule has 0 aliphatic rings. The Hall–Kier alpha value is -1.52. The number of esters is 1. The predicted octanol–water partition coefficient (Wildman–Crippen LogP) is 1.35. The first-order valence-electron chi connectivity index (χ1n) is 4.82. The summed E-state index contributed by atoms with van der Waals surface area (Å²) in [6.07, 6.45) is 1.55. The summed E-state index contributed by atoms with van der Waals surface area (Å²) in [6.45, 7) is 8.05. The average molecular weight is 209 g/mol. The molecule has 1 aromatic rings. The molecule has 1 aromatic heterocycles. The normalized spacial score (nSPS) is 11.2. The van der Waals surface area contributed by atoms with Gasteiger partial charge in [0.15, 0.2) is 0 Å². The molecule has 1 rings (SSSR count). The van der Waals surface area contributed by atoms with E-state index >= 15 is 0 Å². The molecule has 0 radical (unpaired) electrons. The summed E-state index contributed by atoms with van der Waals surface area (Å²) >= 11 is 0. The molecule has 0 atom stereocenters. The predicted molar refractivity (Wildman–Crippen MR) is 54.5 cm³/mol. The van der Waals surface area contributed by atoms with Crippen LogP contribution < -0.4 is 0 Å². The van der Waals surface area contributed by atoms with Crippen LogP contribution in [0, 0.1) is 0 Å². The van der Waals surface area contributed by atoms with Gasteiger partial charge >= 0.3 is 5.97 Å². The van der Waals surface area contributed by atoms with Gasteiger partial charge < -0.3 is 4.74 Å². The number of rotatable bonds is 2. The number of carbonyl (C=O) groups is 1. The van der Waals surface area contributed by atoms with Gasteiger partial charge in [0, 0.05) is 5.41 Å². The van der Waals surface area contributed by atoms with E-state index < -0.39 is 5.97 Å². The first-order chi connectivity index (χ1) is 6.95. The molecule has 0 bridgehead atoms. The third-order valence-electron chi connectivity index (χ3n) is 1.79. The second kappa shape index (κ2) is 4.33. The lowest BCUT2D eigenvalue weighted by molar-refractivity contribution is 0.0510. The zero-order valence-corrected chi connectivity index (χ0v) is 9.44. The number of carbonyl (C=O) groups excluding carboxylic acids is 1. The molecular formula is C10H15N3O2. The fourth-order valence-electron chi connectivity index (χ4n) is 0.908. The first-order valence-corrected chi connectivity index (χ1v) is 4.82. The van der Waals surface area contributed by atoms with E-state index in [1.807, 2.05) is 20.8 Å². The van der Waals surface area contributed by atoms with Crippen LogP contribution in [-0.2, 0) is 10.2 Å². The summed E-state index contributed by atoms with van der Waals surface area (Å²) in [6, 6.07) is 0. The standard InChI is InChI=1S/C10H15N3O2/c1-5-15-9(14)8-11-6-7(12-13-8)10(2,3)4/h6H,5H2,1-4H3. The van der Waals surface area contributed by atoms with Crippen molar-refractivity contribution in [2.75, 3.05) is 6.61 Å². The molecule has 1 heterocycles. The van der Waals surface area contributed by atoms with Gasteiger partial charge in [-0.1, -0.05) is 20.8 Å². The summed E-state index contributed by atoms with van der Waals surface area (Å²) in [4.78, 5) is 15.1. The van der Waals surface area contributed by atoms with Crippen molar-refractivity contribution < 1.29 is 9.53 Å². The minimum absolute atomic E-state index is 0.00449. The molecule has 0 N–H and O–H groups in total. The van der Waals surface area contributed by atoms with Crippen LogP contribution in [0.25, 0.3) is 0 Å². The Kier molecular flexibility index (Phi) is 3.34. The third kappa shape index (κ3) is 2.97. The minimum Gasteiger partial charge on any atom is -0.460 e. The molecule has 0 aliphatic heterocycles. The Labute approximate surface area is 88.9 Å². The smallest absolute Gasteiger partial charge is 0.378 e. The van der Waals surface area contributed by atoms with E-state index in [-0.39, 0.29) is 11.2 Å². The largest absolute Gasteiger partial charge is 0.460 e. The molecule has 0 unspecified atom stereocenters. The van der Waals surface area contributed by atoms with Crippen LogP contribution in [0.1, 0.15) is 44.0 Å². The van der Waals surface area contributed by atoms with Crippen LogP contribution in [0.3, 0.4) is 0 Å². The maximum Gasteiger partial charge on any atom is 0.378 e. The lowest BCUT2D eigenvalue weighted by atomic mass is 9.93. The molecule has 0 aliphatic carbocycles. The van der Waals surface area contributed by atoms with Gasteiger partial charge in [0.05, 0.1) is 18.5 Å². The summed E-state index contributed by atoms with van der Waals surface area (Å²) in [7, 11) is 0. The Morgan fingerprint density at radius 1 is 1.40 bits per heavy atom. The number of hydrogen-bond donors (Lipinski definition) is 0. The van der Waals surface area contributed by atoms with Crippen molar-refractivity contribution in [2.45, 2.75) is 33.1 Å². The Morgan fingerprint density at radius 2 is 2.07 bits per heavy atom. The van der Waals surface area contributed by atoms with Crippen LogP contribution in [0.5, 0.6) is 0 Å². The highest BCUT2D eigenvalue weighted by molar-refractivity contribution is 5.84. The number of ether oxygens (including phenoxy) is 1. The molecule has 0 fully saturated rings. The maximum absolute atomic E-state index is 11.2. The molecule has 82 valence electrons. The fourth-order valence-corrected chi connectivity index (χ4v) is 0.908. The van der Waals surface area contributed by atoms with Gasteiger partial charge in [-0.05, 0) is 6.92 Å². The highest BCUT2D eigenvalue weighted by atomic mass is 16.5. The van der Waals surface area contributed by atoms with Crippen LogP contribution in [0.2, 0.25) is 0 Å². The minimum atomic E-state index is -0.537. The summed E-state index contributed by atoms with van der Waals surface area (Å²) in [5, 5.41) is 7.67. The molecule has 15 heavy (non-hydrogen) atoms. The van der Waals surface area contributed by atoms with Crippen LogP contribution >= 0.6 is 0 Å². The molecule has 0 amide bonds. The molecule has 0 aromatic carbocycles. The summed E-state index contributed by atoms with van der Waals surface area (Å²) in [5.74, 6) is -0.532. The molecule has 0 saturated heterocycles. The second-order valence-corrected chi connectivity index (χ2v) is 4.14. The van der Waals surface area contributed by atoms with Gasteiger partial charge in [-0.3, -0.25) is 0 Å². The van der Waals surface area contributed by atoms with Gasteiger partial charge in [-0.15, -0.1) is 5.10 Å². The third-order valence-corrected chi connectivity index (χ3v) is 1.79. The van der Waals surface area contributed by atoms with Gasteiger partial charge in [0.1, 0.15) is 0 Å². The Bertz CT molecular complexity index is 341. The highest BCUT2D eigenvalue weighted by Gasteiger charge is 2.18. The zero-order valence-electron chi connectivity index (χ0n) is 9.44. The van der Waals surface area contributed by atoms with E-state index in [1.54, 1.807) is 13.1 Å². The van der Waals surface area contributed by atoms with Crippen molar-refractivity contribution in [1.29, 1.82) is 0 Å². The molecule has 5 heteroatoms. The van der Waals surface area contributed by atoms with E-state index in [4.69, 9.17) is 4.74 Å². The van der Waals surface area contributed by atoms with Crippen molar-refractivity contribution in [3.63, 3.8) is 0 Å². The number of hydrogen-bond acceptors (Lipinski definition) is 5. The van der Waals surface area contributed by atoms with Crippen LogP contribution in [0.15, 0.2) is 6.20 Å². The van der Waals surface area contributed by atoms with E-state index in [9.17, 15) is 4.79 Å². The van der Waals surface area contributed by atoms with Gasteiger partial charge in [0.2, 0.25) is 0 Å². The van der Waals surface area contributed by atoms with Crippen molar-refractivity contribution in [2.24, 2.45) is 0 Å². The number of aromatic nitrogens is 3. The van der Waals surface area contributed by atoms with Gasteiger partial charge in [-0.2, -0.15) is 5.10 Å². The van der Waals surface area contributed by atoms with E-state index in [0.29, 0.717) is 6.61 Å². The second-order valence-electron chi connectivity index (χ2n) is 4.14. The number of nitrogens with zero attached hydrogens (tertiary/aromatic N) is 3. The van der Waals surface area contributed by atoms with Crippen molar-refractivity contribution in [1.82, 2.24) is 15.2 Å². The van der Waals surface area contributed by atoms with E-state index in [1.165, 1.54) is 0 Å². The van der Waals surface area contributed by atoms with Gasteiger partial charge in [-0.25, -0.2) is 9.78 Å². The molecule has 0 spiro atoms. The monoisotopic (exact) mass is 209 g/mol. The average Bonchev–Trinajstić information content (AvgIpc) is 2.17. The zero-order chi connectivity index (χ0) is 11.5. The SMILES string of the molecule is CCOC(=O)c1ncc(C(C)(C)C)nn1. The lowest BCUT2D eigenvalue weighted by Gasteiger charge is -2.15. The molecule has 0 saturated carbocycles. The lowest BCUT2D eigenvalue weighted by Crippen LogP contribution is -2.18. The highest BCUT2D eigenvalue weighted by Crippen LogP contribution is 2.17. The van der Waals surface area contributed by atoms with Crippen LogP contribution in [-0.4, -0.2) is 27.8 Å². The Balaban J connectivity index is 2.86.